The summed E-state index contributed by atoms with van der Waals surface area (Å²) in [6.07, 6.45) is 0. The molecule has 3 rings (SSSR count). The molecule has 1 N–H and O–H groups in total. The topological polar surface area (TPSA) is 24.8 Å². The molecular formula is C17H17Cl2FN2O. The molecule has 1 amide bonds. The zero-order valence-electron chi connectivity index (χ0n) is 12.4. The molecule has 1 heterocycles. The lowest BCUT2D eigenvalue weighted by atomic mass is 10.1. The van der Waals surface area contributed by atoms with Gasteiger partial charge in [0.2, 0.25) is 0 Å². The molecule has 1 aliphatic heterocycles. The number of rotatable bonds is 2. The molecule has 1 fully saturated rings. The molecule has 0 unspecified atom stereocenters. The van der Waals surface area contributed by atoms with Crippen LogP contribution in [-0.4, -0.2) is 37.0 Å². The molecule has 0 aliphatic carbocycles. The van der Waals surface area contributed by atoms with Gasteiger partial charge in [-0.05, 0) is 24.3 Å². The maximum absolute atomic E-state index is 13.0. The van der Waals surface area contributed by atoms with Crippen molar-refractivity contribution in [3.8, 4) is 0 Å². The van der Waals surface area contributed by atoms with Crippen LogP contribution in [0.1, 0.15) is 10.4 Å². The second-order valence-electron chi connectivity index (χ2n) is 5.38. The number of hydrogen-bond acceptors (Lipinski definition) is 1. The van der Waals surface area contributed by atoms with Crippen molar-refractivity contribution in [3.05, 3.63) is 64.9 Å². The van der Waals surface area contributed by atoms with E-state index in [0.29, 0.717) is 23.7 Å². The number of benzene rings is 2. The van der Waals surface area contributed by atoms with Gasteiger partial charge in [-0.2, -0.15) is 0 Å². The lowest BCUT2D eigenvalue weighted by molar-refractivity contribution is -0.837. The molecular weight excluding hydrogens is 338 g/mol. The molecule has 2 aromatic rings. The fourth-order valence-corrected chi connectivity index (χ4v) is 2.98. The molecule has 3 nitrogen and oxygen atoms in total. The zero-order valence-corrected chi connectivity index (χ0v) is 13.9. The van der Waals surface area contributed by atoms with Gasteiger partial charge < -0.3 is 17.3 Å². The first-order valence-corrected chi connectivity index (χ1v) is 7.67. The summed E-state index contributed by atoms with van der Waals surface area (Å²) in [7, 11) is 0. The van der Waals surface area contributed by atoms with Crippen molar-refractivity contribution in [1.29, 1.82) is 0 Å². The predicted octanol–water partition coefficient (Wildman–Crippen LogP) is -0.844. The molecule has 0 bridgehead atoms. The first kappa shape index (κ1) is 17.7. The molecule has 0 aromatic heterocycles. The Balaban J connectivity index is 0.00000192. The quantitative estimate of drug-likeness (QED) is 0.747. The van der Waals surface area contributed by atoms with Crippen LogP contribution in [0, 0.1) is 5.82 Å². The van der Waals surface area contributed by atoms with Gasteiger partial charge in [-0.25, -0.2) is 4.39 Å². The number of hydrogen-bond donors (Lipinski definition) is 1. The Labute approximate surface area is 146 Å². The standard InChI is InChI=1S/C17H16ClFN2O.ClH/c18-16-4-2-1-3-15(16)17(22)21-11-9-20(10-12-21)14-7-5-13(19)6-8-14;/h1-8H,9-12H2;1H. The molecule has 2 aromatic carbocycles. The summed E-state index contributed by atoms with van der Waals surface area (Å²) in [6.45, 7) is 2.94. The van der Waals surface area contributed by atoms with Crippen LogP contribution in [0.3, 0.4) is 0 Å². The molecule has 1 saturated heterocycles. The number of carbonyl (C=O) groups is 1. The van der Waals surface area contributed by atoms with Gasteiger partial charge in [0.15, 0.2) is 0 Å². The number of amides is 1. The summed E-state index contributed by atoms with van der Waals surface area (Å²) >= 11 is 6.09. The zero-order chi connectivity index (χ0) is 15.5. The largest absolute Gasteiger partial charge is 1.00 e. The number of halogens is 3. The summed E-state index contributed by atoms with van der Waals surface area (Å²) in [5.74, 6) is -0.251. The van der Waals surface area contributed by atoms with E-state index in [9.17, 15) is 9.18 Å². The minimum absolute atomic E-state index is 0. The maximum atomic E-state index is 13.0. The van der Waals surface area contributed by atoms with Crippen LogP contribution in [0.2, 0.25) is 5.02 Å². The van der Waals surface area contributed by atoms with Crippen LogP contribution in [0.25, 0.3) is 0 Å². The van der Waals surface area contributed by atoms with Crippen molar-refractivity contribution in [2.24, 2.45) is 0 Å². The van der Waals surface area contributed by atoms with Crippen molar-refractivity contribution in [3.63, 3.8) is 0 Å². The lowest BCUT2D eigenvalue weighted by Gasteiger charge is -2.32. The summed E-state index contributed by atoms with van der Waals surface area (Å²) in [5, 5.41) is 0.487. The number of nitrogens with one attached hydrogen (secondary N) is 1. The molecule has 0 radical (unpaired) electrons. The van der Waals surface area contributed by atoms with Crippen molar-refractivity contribution < 1.29 is 26.5 Å². The molecule has 122 valence electrons. The van der Waals surface area contributed by atoms with Crippen molar-refractivity contribution in [2.75, 3.05) is 26.2 Å². The van der Waals surface area contributed by atoms with Gasteiger partial charge in [-0.15, -0.1) is 0 Å². The van der Waals surface area contributed by atoms with E-state index in [-0.39, 0.29) is 24.1 Å². The van der Waals surface area contributed by atoms with Crippen molar-refractivity contribution >= 4 is 23.2 Å². The van der Waals surface area contributed by atoms with Crippen LogP contribution in [0.4, 0.5) is 10.1 Å². The van der Waals surface area contributed by atoms with Gasteiger partial charge in [-0.1, -0.05) is 23.7 Å². The summed E-state index contributed by atoms with van der Waals surface area (Å²) in [4.78, 5) is 15.6. The molecule has 0 atom stereocenters. The predicted molar refractivity (Wildman–Crippen MR) is 84.1 cm³/mol. The van der Waals surface area contributed by atoms with E-state index in [0.717, 1.165) is 18.8 Å². The fourth-order valence-electron chi connectivity index (χ4n) is 2.76. The second-order valence-corrected chi connectivity index (χ2v) is 5.79. The summed E-state index contributed by atoms with van der Waals surface area (Å²) < 4.78 is 13.0. The Hall–Kier alpha value is -1.62. The second kappa shape index (κ2) is 7.77. The molecule has 23 heavy (non-hydrogen) atoms. The third-order valence-electron chi connectivity index (χ3n) is 4.01. The van der Waals surface area contributed by atoms with E-state index in [1.807, 2.05) is 17.0 Å². The van der Waals surface area contributed by atoms with Crippen LogP contribution in [0.15, 0.2) is 48.5 Å². The van der Waals surface area contributed by atoms with Crippen LogP contribution in [-0.2, 0) is 0 Å². The average Bonchev–Trinajstić information content (AvgIpc) is 2.56. The van der Waals surface area contributed by atoms with Gasteiger partial charge in [-0.3, -0.25) is 9.69 Å². The maximum Gasteiger partial charge on any atom is 0.255 e. The minimum atomic E-state index is -0.226. The van der Waals surface area contributed by atoms with Gasteiger partial charge in [0, 0.05) is 12.1 Å². The minimum Gasteiger partial charge on any atom is -1.00 e. The molecule has 0 saturated carbocycles. The van der Waals surface area contributed by atoms with Crippen molar-refractivity contribution in [1.82, 2.24) is 4.90 Å². The molecule has 0 spiro atoms. The van der Waals surface area contributed by atoms with E-state index in [4.69, 9.17) is 11.6 Å². The summed E-state index contributed by atoms with van der Waals surface area (Å²) in [5.41, 5.74) is 1.61. The summed E-state index contributed by atoms with van der Waals surface area (Å²) in [6, 6.07) is 13.7. The van der Waals surface area contributed by atoms with E-state index < -0.39 is 0 Å². The third kappa shape index (κ3) is 4.02. The number of quaternary nitrogens is 1. The van der Waals surface area contributed by atoms with Crippen LogP contribution < -0.4 is 17.3 Å². The van der Waals surface area contributed by atoms with E-state index in [2.05, 4.69) is 0 Å². The number of nitrogens with zero attached hydrogens (tertiary/aromatic N) is 1. The van der Waals surface area contributed by atoms with E-state index >= 15 is 0 Å². The van der Waals surface area contributed by atoms with Crippen LogP contribution in [0.5, 0.6) is 0 Å². The highest BCUT2D eigenvalue weighted by Gasteiger charge is 2.26. The Morgan fingerprint density at radius 1 is 1.04 bits per heavy atom. The number of piperazine rings is 1. The molecule has 6 heteroatoms. The molecule has 1 aliphatic rings. The Morgan fingerprint density at radius 3 is 2.26 bits per heavy atom. The monoisotopic (exact) mass is 354 g/mol. The third-order valence-corrected chi connectivity index (χ3v) is 4.34. The van der Waals surface area contributed by atoms with Gasteiger partial charge >= 0.3 is 0 Å². The van der Waals surface area contributed by atoms with Crippen LogP contribution >= 0.6 is 11.6 Å². The first-order chi connectivity index (χ1) is 10.6. The van der Waals surface area contributed by atoms with E-state index in [1.54, 1.807) is 24.3 Å². The van der Waals surface area contributed by atoms with Gasteiger partial charge in [0.1, 0.15) is 11.5 Å². The Morgan fingerprint density at radius 2 is 1.65 bits per heavy atom. The lowest BCUT2D eigenvalue weighted by Crippen LogP contribution is -3.10. The van der Waals surface area contributed by atoms with Gasteiger partial charge in [0.05, 0.1) is 36.8 Å². The highest BCUT2D eigenvalue weighted by molar-refractivity contribution is 6.33. The average molecular weight is 355 g/mol. The van der Waals surface area contributed by atoms with E-state index in [1.165, 1.54) is 17.0 Å². The highest BCUT2D eigenvalue weighted by atomic mass is 35.5. The first-order valence-electron chi connectivity index (χ1n) is 7.29. The van der Waals surface area contributed by atoms with Crippen molar-refractivity contribution in [2.45, 2.75) is 0 Å². The fraction of sp³-hybridized carbons (Fsp3) is 0.235. The van der Waals surface area contributed by atoms with Gasteiger partial charge in [0.25, 0.3) is 5.91 Å². The normalized spacial score (nSPS) is 15.1. The Kier molecular flexibility index (Phi) is 5.99. The number of carbonyl (C=O) groups excluding carboxylic acids is 1. The Bertz CT molecular complexity index is 671. The SMILES string of the molecule is O=C(c1ccccc1Cl)N1CC[NH+](c2ccc(F)cc2)CC1.[Cl-]. The highest BCUT2D eigenvalue weighted by Crippen LogP contribution is 2.17. The smallest absolute Gasteiger partial charge is 0.255 e.